The molecule has 3 rings (SSSR count). The standard InChI is InChI=1S/C22H18Cl2FN3O3S/c23-18-8-10-20(11-9-18)32(30,31)28(14-17-5-1-2-7-21(17)25)15-22(29)27-26-13-16-4-3-6-19(24)12-16/h1-13H,14-15H2,(H,27,29)/b26-13-. The summed E-state index contributed by atoms with van der Waals surface area (Å²) in [4.78, 5) is 12.4. The molecular formula is C22H18Cl2FN3O3S. The van der Waals surface area contributed by atoms with Gasteiger partial charge < -0.3 is 0 Å². The third-order valence-electron chi connectivity index (χ3n) is 4.33. The minimum Gasteiger partial charge on any atom is -0.272 e. The first-order chi connectivity index (χ1) is 15.3. The van der Waals surface area contributed by atoms with Crippen LogP contribution < -0.4 is 5.43 Å². The number of carbonyl (C=O) groups excluding carboxylic acids is 1. The topological polar surface area (TPSA) is 78.8 Å². The molecule has 1 amide bonds. The van der Waals surface area contributed by atoms with Gasteiger partial charge >= 0.3 is 0 Å². The fourth-order valence-electron chi connectivity index (χ4n) is 2.76. The van der Waals surface area contributed by atoms with Gasteiger partial charge in [0, 0.05) is 22.2 Å². The summed E-state index contributed by atoms with van der Waals surface area (Å²) < 4.78 is 41.4. The van der Waals surface area contributed by atoms with Crippen LogP contribution in [0.2, 0.25) is 10.0 Å². The van der Waals surface area contributed by atoms with Crippen LogP contribution >= 0.6 is 23.2 Å². The molecule has 0 atom stereocenters. The van der Waals surface area contributed by atoms with Gasteiger partial charge in [-0.3, -0.25) is 4.79 Å². The SMILES string of the molecule is O=C(CN(Cc1ccccc1F)S(=O)(=O)c1ccc(Cl)cc1)N/N=C\c1cccc(Cl)c1. The maximum absolute atomic E-state index is 14.2. The number of hydrogen-bond acceptors (Lipinski definition) is 4. The molecule has 1 N–H and O–H groups in total. The van der Waals surface area contributed by atoms with Crippen molar-refractivity contribution in [2.24, 2.45) is 5.10 Å². The molecule has 0 saturated carbocycles. The van der Waals surface area contributed by atoms with Gasteiger partial charge in [-0.25, -0.2) is 18.2 Å². The number of halogens is 3. The average Bonchev–Trinajstić information content (AvgIpc) is 2.75. The van der Waals surface area contributed by atoms with E-state index in [0.717, 1.165) is 4.31 Å². The van der Waals surface area contributed by atoms with Crippen molar-refractivity contribution in [2.75, 3.05) is 6.54 Å². The van der Waals surface area contributed by atoms with Crippen LogP contribution in [0.4, 0.5) is 4.39 Å². The van der Waals surface area contributed by atoms with Crippen LogP contribution in [0.1, 0.15) is 11.1 Å². The van der Waals surface area contributed by atoms with Gasteiger partial charge in [0.15, 0.2) is 0 Å². The van der Waals surface area contributed by atoms with Gasteiger partial charge in [0.2, 0.25) is 10.0 Å². The Labute approximate surface area is 195 Å². The van der Waals surface area contributed by atoms with Crippen LogP contribution in [-0.4, -0.2) is 31.4 Å². The Morgan fingerprint density at radius 1 is 1.00 bits per heavy atom. The number of sulfonamides is 1. The lowest BCUT2D eigenvalue weighted by Crippen LogP contribution is -2.39. The number of benzene rings is 3. The normalized spacial score (nSPS) is 11.8. The highest BCUT2D eigenvalue weighted by molar-refractivity contribution is 7.89. The van der Waals surface area contributed by atoms with E-state index in [4.69, 9.17) is 23.2 Å². The molecule has 0 aromatic heterocycles. The van der Waals surface area contributed by atoms with Crippen molar-refractivity contribution >= 4 is 45.3 Å². The van der Waals surface area contributed by atoms with Gasteiger partial charge in [0.05, 0.1) is 17.7 Å². The van der Waals surface area contributed by atoms with Crippen LogP contribution in [0, 0.1) is 5.82 Å². The lowest BCUT2D eigenvalue weighted by atomic mass is 10.2. The molecule has 0 fully saturated rings. The molecule has 0 aliphatic heterocycles. The largest absolute Gasteiger partial charge is 0.272 e. The van der Waals surface area contributed by atoms with Crippen LogP contribution in [-0.2, 0) is 21.4 Å². The Morgan fingerprint density at radius 2 is 1.72 bits per heavy atom. The number of rotatable bonds is 8. The Hall–Kier alpha value is -2.78. The Bertz CT molecular complexity index is 1240. The molecule has 10 heteroatoms. The van der Waals surface area contributed by atoms with Gasteiger partial charge in [-0.2, -0.15) is 9.41 Å². The summed E-state index contributed by atoms with van der Waals surface area (Å²) in [6.07, 6.45) is 1.37. The van der Waals surface area contributed by atoms with Crippen molar-refractivity contribution in [3.63, 3.8) is 0 Å². The van der Waals surface area contributed by atoms with E-state index in [1.54, 1.807) is 30.3 Å². The number of hydrogen-bond donors (Lipinski definition) is 1. The van der Waals surface area contributed by atoms with Crippen LogP contribution in [0.5, 0.6) is 0 Å². The second kappa shape index (κ2) is 10.7. The molecule has 0 heterocycles. The van der Waals surface area contributed by atoms with Crippen molar-refractivity contribution in [2.45, 2.75) is 11.4 Å². The Kier molecular flexibility index (Phi) is 7.98. The van der Waals surface area contributed by atoms with E-state index >= 15 is 0 Å². The van der Waals surface area contributed by atoms with E-state index in [1.807, 2.05) is 0 Å². The number of nitrogens with one attached hydrogen (secondary N) is 1. The van der Waals surface area contributed by atoms with Gasteiger partial charge in [-0.15, -0.1) is 0 Å². The lowest BCUT2D eigenvalue weighted by Gasteiger charge is -2.21. The molecule has 6 nitrogen and oxygen atoms in total. The summed E-state index contributed by atoms with van der Waals surface area (Å²) in [6, 6.07) is 18.0. The number of nitrogens with zero attached hydrogens (tertiary/aromatic N) is 2. The minimum absolute atomic E-state index is 0.0755. The zero-order chi connectivity index (χ0) is 23.1. The van der Waals surface area contributed by atoms with E-state index in [1.165, 1.54) is 48.7 Å². The molecule has 0 aliphatic carbocycles. The summed E-state index contributed by atoms with van der Waals surface area (Å²) in [5.74, 6) is -1.28. The molecule has 0 aliphatic rings. The van der Waals surface area contributed by atoms with Crippen LogP contribution in [0.25, 0.3) is 0 Å². The summed E-state index contributed by atoms with van der Waals surface area (Å²) >= 11 is 11.7. The van der Waals surface area contributed by atoms with Gasteiger partial charge in [0.1, 0.15) is 5.82 Å². The smallest absolute Gasteiger partial charge is 0.255 e. The quantitative estimate of drug-likeness (QED) is 0.371. The minimum atomic E-state index is -4.13. The molecule has 0 radical (unpaired) electrons. The maximum Gasteiger partial charge on any atom is 0.255 e. The highest BCUT2D eigenvalue weighted by atomic mass is 35.5. The highest BCUT2D eigenvalue weighted by Gasteiger charge is 2.27. The fraction of sp³-hybridized carbons (Fsp3) is 0.0909. The van der Waals surface area contributed by atoms with Crippen molar-refractivity contribution in [1.82, 2.24) is 9.73 Å². The summed E-state index contributed by atoms with van der Waals surface area (Å²) in [5.41, 5.74) is 3.05. The second-order valence-electron chi connectivity index (χ2n) is 6.67. The Balaban J connectivity index is 1.81. The monoisotopic (exact) mass is 493 g/mol. The van der Waals surface area contributed by atoms with Gasteiger partial charge in [0.25, 0.3) is 5.91 Å². The molecule has 0 spiro atoms. The van der Waals surface area contributed by atoms with Crippen molar-refractivity contribution in [1.29, 1.82) is 0 Å². The van der Waals surface area contributed by atoms with E-state index in [2.05, 4.69) is 10.5 Å². The summed E-state index contributed by atoms with van der Waals surface area (Å²) in [7, 11) is -4.13. The van der Waals surface area contributed by atoms with Crippen molar-refractivity contribution < 1.29 is 17.6 Å². The lowest BCUT2D eigenvalue weighted by molar-refractivity contribution is -0.121. The number of hydrazone groups is 1. The van der Waals surface area contributed by atoms with Crippen LogP contribution in [0.15, 0.2) is 82.8 Å². The summed E-state index contributed by atoms with van der Waals surface area (Å²) in [5, 5.41) is 4.69. The van der Waals surface area contributed by atoms with Gasteiger partial charge in [-0.05, 0) is 48.0 Å². The van der Waals surface area contributed by atoms with E-state index < -0.39 is 28.3 Å². The van der Waals surface area contributed by atoms with E-state index in [-0.39, 0.29) is 17.0 Å². The molecule has 0 unspecified atom stereocenters. The molecular weight excluding hydrogens is 476 g/mol. The molecule has 3 aromatic rings. The van der Waals surface area contributed by atoms with E-state index in [0.29, 0.717) is 15.6 Å². The fourth-order valence-corrected chi connectivity index (χ4v) is 4.46. The summed E-state index contributed by atoms with van der Waals surface area (Å²) in [6.45, 7) is -0.921. The van der Waals surface area contributed by atoms with Crippen molar-refractivity contribution in [3.8, 4) is 0 Å². The third-order valence-corrected chi connectivity index (χ3v) is 6.62. The van der Waals surface area contributed by atoms with Crippen molar-refractivity contribution in [3.05, 3.63) is 99.8 Å². The van der Waals surface area contributed by atoms with E-state index in [9.17, 15) is 17.6 Å². The highest BCUT2D eigenvalue weighted by Crippen LogP contribution is 2.21. The van der Waals surface area contributed by atoms with Gasteiger partial charge in [-0.1, -0.05) is 53.5 Å². The third kappa shape index (κ3) is 6.37. The molecule has 0 bridgehead atoms. The molecule has 166 valence electrons. The number of carbonyl (C=O) groups is 1. The predicted octanol–water partition coefficient (Wildman–Crippen LogP) is 4.47. The zero-order valence-corrected chi connectivity index (χ0v) is 18.9. The molecule has 32 heavy (non-hydrogen) atoms. The first-order valence-corrected chi connectivity index (χ1v) is 11.5. The first-order valence-electron chi connectivity index (χ1n) is 9.32. The number of amides is 1. The maximum atomic E-state index is 14.2. The second-order valence-corrected chi connectivity index (χ2v) is 9.48. The predicted molar refractivity (Wildman–Crippen MR) is 123 cm³/mol. The Morgan fingerprint density at radius 3 is 2.41 bits per heavy atom. The zero-order valence-electron chi connectivity index (χ0n) is 16.6. The molecule has 3 aromatic carbocycles. The van der Waals surface area contributed by atoms with Crippen LogP contribution in [0.3, 0.4) is 0 Å². The first kappa shape index (κ1) is 23.9. The average molecular weight is 494 g/mol. The molecule has 0 saturated heterocycles.